The van der Waals surface area contributed by atoms with Crippen molar-refractivity contribution >= 4 is 33.4 Å². The molecule has 0 unspecified atom stereocenters. The smallest absolute Gasteiger partial charge is 0.252 e. The van der Waals surface area contributed by atoms with E-state index in [4.69, 9.17) is 0 Å². The largest absolute Gasteiger partial charge is 0.347 e. The van der Waals surface area contributed by atoms with Crippen LogP contribution in [0.1, 0.15) is 20.9 Å². The second kappa shape index (κ2) is 7.44. The van der Waals surface area contributed by atoms with E-state index >= 15 is 0 Å². The van der Waals surface area contributed by atoms with Gasteiger partial charge in [-0.05, 0) is 23.8 Å². The number of hydrogen-bond donors (Lipinski definition) is 1. The molecule has 0 saturated carbocycles. The summed E-state index contributed by atoms with van der Waals surface area (Å²) in [5, 5.41) is 3.65. The summed E-state index contributed by atoms with van der Waals surface area (Å²) in [5.41, 5.74) is 2.45. The van der Waals surface area contributed by atoms with E-state index in [2.05, 4.69) is 10.3 Å². The molecule has 2 aromatic carbocycles. The molecule has 3 aromatic rings. The van der Waals surface area contributed by atoms with Crippen molar-refractivity contribution in [2.45, 2.75) is 6.42 Å². The minimum Gasteiger partial charge on any atom is -0.347 e. The maximum Gasteiger partial charge on any atom is 0.252 e. The van der Waals surface area contributed by atoms with E-state index in [1.807, 2.05) is 42.5 Å². The Morgan fingerprint density at radius 1 is 1.08 bits per heavy atom. The fourth-order valence-electron chi connectivity index (χ4n) is 2.46. The monoisotopic (exact) mass is 353 g/mol. The molecule has 0 saturated heterocycles. The number of fused-ring (bicyclic) bond motifs is 1. The molecule has 1 aromatic heterocycles. The Morgan fingerprint density at radius 2 is 1.80 bits per heavy atom. The summed E-state index contributed by atoms with van der Waals surface area (Å²) >= 11 is 1.63. The maximum absolute atomic E-state index is 12.5. The number of hydrogen-bond acceptors (Lipinski definition) is 4. The summed E-state index contributed by atoms with van der Waals surface area (Å²) in [6, 6.07) is 15.4. The molecule has 2 amide bonds. The first-order valence-corrected chi connectivity index (χ1v) is 8.77. The van der Waals surface area contributed by atoms with Crippen LogP contribution >= 0.6 is 11.3 Å². The van der Waals surface area contributed by atoms with Gasteiger partial charge in [0.1, 0.15) is 0 Å². The third-order valence-electron chi connectivity index (χ3n) is 3.84. The zero-order valence-electron chi connectivity index (χ0n) is 14.2. The van der Waals surface area contributed by atoms with Crippen LogP contribution in [0.25, 0.3) is 10.2 Å². The van der Waals surface area contributed by atoms with E-state index < -0.39 is 0 Å². The van der Waals surface area contributed by atoms with Crippen LogP contribution < -0.4 is 5.32 Å². The van der Waals surface area contributed by atoms with Crippen molar-refractivity contribution < 1.29 is 9.59 Å². The standard InChI is InChI=1S/C19H19N3O2S/c1-22(2)18(23)12-20-19(24)14-8-4-3-7-13(14)11-17-21-15-9-5-6-10-16(15)25-17/h3-10H,11-12H2,1-2H3,(H,20,24). The minimum atomic E-state index is -0.244. The number of carbonyl (C=O) groups is 2. The highest BCUT2D eigenvalue weighted by Crippen LogP contribution is 2.24. The molecular weight excluding hydrogens is 334 g/mol. The molecule has 25 heavy (non-hydrogen) atoms. The molecule has 6 heteroatoms. The third kappa shape index (κ3) is 4.03. The molecule has 0 bridgehead atoms. The van der Waals surface area contributed by atoms with E-state index in [-0.39, 0.29) is 18.4 Å². The summed E-state index contributed by atoms with van der Waals surface area (Å²) in [7, 11) is 3.32. The number of likely N-dealkylation sites (N-methyl/N-ethyl adjacent to an activating group) is 1. The van der Waals surface area contributed by atoms with E-state index in [1.54, 1.807) is 31.5 Å². The highest BCUT2D eigenvalue weighted by Gasteiger charge is 2.14. The number of carbonyl (C=O) groups excluding carboxylic acids is 2. The lowest BCUT2D eigenvalue weighted by Gasteiger charge is -2.12. The van der Waals surface area contributed by atoms with Crippen molar-refractivity contribution in [2.24, 2.45) is 0 Å². The Bertz CT molecular complexity index is 885. The van der Waals surface area contributed by atoms with Crippen LogP contribution in [0.5, 0.6) is 0 Å². The fraction of sp³-hybridized carbons (Fsp3) is 0.211. The maximum atomic E-state index is 12.5. The Labute approximate surface area is 150 Å². The number of rotatable bonds is 5. The van der Waals surface area contributed by atoms with E-state index in [0.29, 0.717) is 12.0 Å². The van der Waals surface area contributed by atoms with Crippen molar-refractivity contribution in [1.82, 2.24) is 15.2 Å². The SMILES string of the molecule is CN(C)C(=O)CNC(=O)c1ccccc1Cc1nc2ccccc2s1. The van der Waals surface area contributed by atoms with Crippen LogP contribution in [0.2, 0.25) is 0 Å². The number of nitrogens with one attached hydrogen (secondary N) is 1. The normalized spacial score (nSPS) is 10.6. The van der Waals surface area contributed by atoms with Crippen molar-refractivity contribution in [1.29, 1.82) is 0 Å². The van der Waals surface area contributed by atoms with Crippen LogP contribution in [0, 0.1) is 0 Å². The zero-order chi connectivity index (χ0) is 17.8. The predicted octanol–water partition coefficient (Wildman–Crippen LogP) is 2.71. The molecule has 3 rings (SSSR count). The van der Waals surface area contributed by atoms with Crippen LogP contribution in [-0.2, 0) is 11.2 Å². The highest BCUT2D eigenvalue weighted by molar-refractivity contribution is 7.18. The highest BCUT2D eigenvalue weighted by atomic mass is 32.1. The molecule has 0 fully saturated rings. The Kier molecular flexibility index (Phi) is 5.09. The van der Waals surface area contributed by atoms with Crippen molar-refractivity contribution in [3.63, 3.8) is 0 Å². The molecule has 0 radical (unpaired) electrons. The first kappa shape index (κ1) is 17.1. The number of amides is 2. The van der Waals surface area contributed by atoms with Gasteiger partial charge in [0.15, 0.2) is 0 Å². The van der Waals surface area contributed by atoms with Crippen LogP contribution in [-0.4, -0.2) is 42.3 Å². The number of thiazole rings is 1. The predicted molar refractivity (Wildman–Crippen MR) is 99.9 cm³/mol. The van der Waals surface area contributed by atoms with Crippen LogP contribution in [0.3, 0.4) is 0 Å². The molecule has 0 aliphatic heterocycles. The van der Waals surface area contributed by atoms with Gasteiger partial charge in [0.2, 0.25) is 5.91 Å². The van der Waals surface area contributed by atoms with Gasteiger partial charge in [0.05, 0.1) is 21.8 Å². The first-order chi connectivity index (χ1) is 12.0. The molecule has 1 heterocycles. The molecule has 1 N–H and O–H groups in total. The van der Waals surface area contributed by atoms with Crippen LogP contribution in [0.15, 0.2) is 48.5 Å². The average molecular weight is 353 g/mol. The van der Waals surface area contributed by atoms with Gasteiger partial charge in [-0.1, -0.05) is 30.3 Å². The van der Waals surface area contributed by atoms with Crippen molar-refractivity contribution in [2.75, 3.05) is 20.6 Å². The summed E-state index contributed by atoms with van der Waals surface area (Å²) in [6.07, 6.45) is 0.588. The quantitative estimate of drug-likeness (QED) is 0.767. The van der Waals surface area contributed by atoms with Gasteiger partial charge in [0.25, 0.3) is 5.91 Å². The van der Waals surface area contributed by atoms with Gasteiger partial charge < -0.3 is 10.2 Å². The van der Waals surface area contributed by atoms with E-state index in [0.717, 1.165) is 20.8 Å². The number of aromatic nitrogens is 1. The Hall–Kier alpha value is -2.73. The lowest BCUT2D eigenvalue weighted by Crippen LogP contribution is -2.36. The zero-order valence-corrected chi connectivity index (χ0v) is 15.0. The van der Waals surface area contributed by atoms with Gasteiger partial charge in [0, 0.05) is 26.1 Å². The minimum absolute atomic E-state index is 0.0126. The lowest BCUT2D eigenvalue weighted by atomic mass is 10.0. The second-order valence-corrected chi connectivity index (χ2v) is 7.00. The van der Waals surface area contributed by atoms with Crippen molar-refractivity contribution in [3.05, 3.63) is 64.7 Å². The first-order valence-electron chi connectivity index (χ1n) is 7.95. The van der Waals surface area contributed by atoms with Crippen molar-refractivity contribution in [3.8, 4) is 0 Å². The number of nitrogens with zero attached hydrogens (tertiary/aromatic N) is 2. The number of benzene rings is 2. The third-order valence-corrected chi connectivity index (χ3v) is 4.88. The summed E-state index contributed by atoms with van der Waals surface area (Å²) in [4.78, 5) is 30.2. The summed E-state index contributed by atoms with van der Waals surface area (Å²) < 4.78 is 1.14. The molecule has 5 nitrogen and oxygen atoms in total. The average Bonchev–Trinajstić information content (AvgIpc) is 3.02. The van der Waals surface area contributed by atoms with Gasteiger partial charge in [-0.15, -0.1) is 11.3 Å². The lowest BCUT2D eigenvalue weighted by molar-refractivity contribution is -0.127. The second-order valence-electron chi connectivity index (χ2n) is 5.88. The molecule has 0 spiro atoms. The van der Waals surface area contributed by atoms with Gasteiger partial charge in [-0.25, -0.2) is 4.98 Å². The van der Waals surface area contributed by atoms with Gasteiger partial charge in [-0.3, -0.25) is 9.59 Å². The van der Waals surface area contributed by atoms with Crippen LogP contribution in [0.4, 0.5) is 0 Å². The Morgan fingerprint density at radius 3 is 2.56 bits per heavy atom. The summed E-state index contributed by atoms with van der Waals surface area (Å²) in [6.45, 7) is -0.0126. The molecule has 0 aliphatic carbocycles. The molecule has 0 atom stereocenters. The van der Waals surface area contributed by atoms with E-state index in [1.165, 1.54) is 4.90 Å². The fourth-order valence-corrected chi connectivity index (χ4v) is 3.45. The van der Waals surface area contributed by atoms with Gasteiger partial charge >= 0.3 is 0 Å². The topological polar surface area (TPSA) is 62.3 Å². The van der Waals surface area contributed by atoms with Gasteiger partial charge in [-0.2, -0.15) is 0 Å². The molecule has 0 aliphatic rings. The van der Waals surface area contributed by atoms with E-state index in [9.17, 15) is 9.59 Å². The number of para-hydroxylation sites is 1. The molecular formula is C19H19N3O2S. The Balaban J connectivity index is 1.78. The summed E-state index contributed by atoms with van der Waals surface area (Å²) in [5.74, 6) is -0.385. The molecule has 128 valence electrons.